The van der Waals surface area contributed by atoms with Crippen molar-refractivity contribution < 1.29 is 28.5 Å². The number of benzene rings is 2. The number of carbonyl (C=O) groups excluding carboxylic acids is 2. The zero-order valence-electron chi connectivity index (χ0n) is 12.0. The van der Waals surface area contributed by atoms with Gasteiger partial charge < -0.3 is 9.79 Å². The maximum absolute atomic E-state index is 12.4. The van der Waals surface area contributed by atoms with Gasteiger partial charge in [-0.25, -0.2) is 4.57 Å². The first-order valence-corrected chi connectivity index (χ1v) is 8.31. The molecule has 0 saturated heterocycles. The quantitative estimate of drug-likeness (QED) is 0.596. The first-order chi connectivity index (χ1) is 10.9. The summed E-state index contributed by atoms with van der Waals surface area (Å²) >= 11 is 0. The van der Waals surface area contributed by atoms with Gasteiger partial charge in [-0.1, -0.05) is 60.7 Å². The number of rotatable bonds is 7. The SMILES string of the molecule is O=C(CC(OP(=O)(O)O)C(=O)c1ccccc1)c1ccccc1. The standard InChI is InChI=1S/C16H15O6P/c17-14(12-7-3-1-4-8-12)11-15(22-23(19,20)21)16(18)13-9-5-2-6-10-13/h1-10,15H,11H2,(H2,19,20,21). The Morgan fingerprint density at radius 3 is 1.87 bits per heavy atom. The molecule has 0 radical (unpaired) electrons. The first kappa shape index (κ1) is 17.2. The molecule has 23 heavy (non-hydrogen) atoms. The number of carbonyl (C=O) groups is 2. The van der Waals surface area contributed by atoms with E-state index in [0.29, 0.717) is 5.56 Å². The van der Waals surface area contributed by atoms with Crippen LogP contribution in [0.2, 0.25) is 0 Å². The van der Waals surface area contributed by atoms with Crippen molar-refractivity contribution in [3.8, 4) is 0 Å². The molecule has 0 aromatic heterocycles. The average Bonchev–Trinajstić information content (AvgIpc) is 2.54. The van der Waals surface area contributed by atoms with Crippen LogP contribution in [0, 0.1) is 0 Å². The van der Waals surface area contributed by atoms with E-state index in [1.165, 1.54) is 12.1 Å². The summed E-state index contributed by atoms with van der Waals surface area (Å²) in [6, 6.07) is 16.1. The minimum Gasteiger partial charge on any atom is -0.303 e. The fourth-order valence-corrected chi connectivity index (χ4v) is 2.54. The Bertz CT molecular complexity index is 723. The molecule has 120 valence electrons. The van der Waals surface area contributed by atoms with Gasteiger partial charge >= 0.3 is 7.82 Å². The van der Waals surface area contributed by atoms with Crippen LogP contribution in [0.15, 0.2) is 60.7 Å². The highest BCUT2D eigenvalue weighted by atomic mass is 31.2. The Balaban J connectivity index is 2.23. The Morgan fingerprint density at radius 1 is 0.913 bits per heavy atom. The Morgan fingerprint density at radius 2 is 1.39 bits per heavy atom. The first-order valence-electron chi connectivity index (χ1n) is 6.78. The summed E-state index contributed by atoms with van der Waals surface area (Å²) in [6.45, 7) is 0. The van der Waals surface area contributed by atoms with Gasteiger partial charge in [0.05, 0.1) is 0 Å². The van der Waals surface area contributed by atoms with E-state index in [1.807, 2.05) is 0 Å². The van der Waals surface area contributed by atoms with Gasteiger partial charge in [-0.15, -0.1) is 0 Å². The van der Waals surface area contributed by atoms with E-state index in [9.17, 15) is 14.2 Å². The van der Waals surface area contributed by atoms with E-state index in [-0.39, 0.29) is 5.56 Å². The van der Waals surface area contributed by atoms with Crippen molar-refractivity contribution in [3.63, 3.8) is 0 Å². The fraction of sp³-hybridized carbons (Fsp3) is 0.125. The summed E-state index contributed by atoms with van der Waals surface area (Å²) in [5.41, 5.74) is 0.555. The third-order valence-electron chi connectivity index (χ3n) is 3.08. The topological polar surface area (TPSA) is 101 Å². The van der Waals surface area contributed by atoms with Crippen LogP contribution in [0.3, 0.4) is 0 Å². The molecule has 0 amide bonds. The molecule has 2 aromatic carbocycles. The highest BCUT2D eigenvalue weighted by Crippen LogP contribution is 2.39. The molecular weight excluding hydrogens is 319 g/mol. The van der Waals surface area contributed by atoms with Crippen LogP contribution >= 0.6 is 7.82 Å². The Hall–Kier alpha value is -2.11. The average molecular weight is 334 g/mol. The van der Waals surface area contributed by atoms with E-state index >= 15 is 0 Å². The molecule has 0 saturated carbocycles. The van der Waals surface area contributed by atoms with E-state index in [2.05, 4.69) is 4.52 Å². The number of Topliss-reactive ketones (excluding diaryl/α,β-unsaturated/α-hetero) is 2. The smallest absolute Gasteiger partial charge is 0.303 e. The van der Waals surface area contributed by atoms with Gasteiger partial charge in [0.25, 0.3) is 0 Å². The van der Waals surface area contributed by atoms with Crippen LogP contribution in [-0.4, -0.2) is 27.5 Å². The van der Waals surface area contributed by atoms with Gasteiger partial charge in [-0.2, -0.15) is 0 Å². The van der Waals surface area contributed by atoms with Crippen LogP contribution < -0.4 is 0 Å². The van der Waals surface area contributed by atoms with Crippen molar-refractivity contribution in [1.82, 2.24) is 0 Å². The molecule has 2 N–H and O–H groups in total. The lowest BCUT2D eigenvalue weighted by Gasteiger charge is -2.16. The normalized spacial score (nSPS) is 12.6. The van der Waals surface area contributed by atoms with E-state index < -0.39 is 31.9 Å². The third kappa shape index (κ3) is 5.23. The van der Waals surface area contributed by atoms with Gasteiger partial charge in [0.2, 0.25) is 0 Å². The predicted molar refractivity (Wildman–Crippen MR) is 83.1 cm³/mol. The van der Waals surface area contributed by atoms with Crippen LogP contribution in [0.1, 0.15) is 27.1 Å². The molecular formula is C16H15O6P. The lowest BCUT2D eigenvalue weighted by molar-refractivity contribution is 0.0652. The second-order valence-electron chi connectivity index (χ2n) is 4.81. The zero-order valence-corrected chi connectivity index (χ0v) is 12.9. The lowest BCUT2D eigenvalue weighted by atomic mass is 9.99. The molecule has 0 aliphatic carbocycles. The van der Waals surface area contributed by atoms with Gasteiger partial charge in [0.15, 0.2) is 11.6 Å². The van der Waals surface area contributed by atoms with Crippen LogP contribution in [0.4, 0.5) is 0 Å². The molecule has 0 fully saturated rings. The van der Waals surface area contributed by atoms with Crippen LogP contribution in [-0.2, 0) is 9.09 Å². The van der Waals surface area contributed by atoms with Gasteiger partial charge in [0, 0.05) is 17.5 Å². The van der Waals surface area contributed by atoms with Crippen molar-refractivity contribution in [3.05, 3.63) is 71.8 Å². The summed E-state index contributed by atoms with van der Waals surface area (Å²) in [6.07, 6.45) is -2.01. The highest BCUT2D eigenvalue weighted by molar-refractivity contribution is 7.46. The number of hydrogen-bond donors (Lipinski definition) is 2. The summed E-state index contributed by atoms with van der Waals surface area (Å²) in [7, 11) is -4.92. The maximum atomic E-state index is 12.4. The monoisotopic (exact) mass is 334 g/mol. The highest BCUT2D eigenvalue weighted by Gasteiger charge is 2.31. The van der Waals surface area contributed by atoms with Crippen molar-refractivity contribution >= 4 is 19.4 Å². The van der Waals surface area contributed by atoms with Crippen LogP contribution in [0.25, 0.3) is 0 Å². The Kier molecular flexibility index (Phi) is 5.58. The summed E-state index contributed by atoms with van der Waals surface area (Å²) < 4.78 is 15.6. The largest absolute Gasteiger partial charge is 0.470 e. The molecule has 2 rings (SSSR count). The number of hydrogen-bond acceptors (Lipinski definition) is 4. The molecule has 0 aliphatic rings. The second-order valence-corrected chi connectivity index (χ2v) is 6.00. The molecule has 7 heteroatoms. The van der Waals surface area contributed by atoms with Gasteiger partial charge in [-0.05, 0) is 0 Å². The maximum Gasteiger partial charge on any atom is 0.470 e. The molecule has 0 heterocycles. The minimum absolute atomic E-state index is 0.215. The van der Waals surface area contributed by atoms with Crippen molar-refractivity contribution in [2.24, 2.45) is 0 Å². The third-order valence-corrected chi connectivity index (χ3v) is 3.61. The Labute approximate surface area is 133 Å². The van der Waals surface area contributed by atoms with E-state index in [0.717, 1.165) is 0 Å². The number of phosphoric ester groups is 1. The van der Waals surface area contributed by atoms with Gasteiger partial charge in [0.1, 0.15) is 6.10 Å². The fourth-order valence-electron chi connectivity index (χ4n) is 2.04. The zero-order chi connectivity index (χ0) is 16.9. The lowest BCUT2D eigenvalue weighted by Crippen LogP contribution is -2.26. The summed E-state index contributed by atoms with van der Waals surface area (Å²) in [4.78, 5) is 42.5. The number of ketones is 2. The minimum atomic E-state index is -4.92. The van der Waals surface area contributed by atoms with Crippen LogP contribution in [0.5, 0.6) is 0 Å². The molecule has 1 atom stereocenters. The molecule has 0 bridgehead atoms. The van der Waals surface area contributed by atoms with Crippen molar-refractivity contribution in [2.45, 2.75) is 12.5 Å². The van der Waals surface area contributed by atoms with Crippen molar-refractivity contribution in [2.75, 3.05) is 0 Å². The predicted octanol–water partition coefficient (Wildman–Crippen LogP) is 2.62. The van der Waals surface area contributed by atoms with Crippen molar-refractivity contribution in [1.29, 1.82) is 0 Å². The molecule has 0 aliphatic heterocycles. The molecule has 1 unspecified atom stereocenters. The molecule has 0 spiro atoms. The van der Waals surface area contributed by atoms with Gasteiger partial charge in [-0.3, -0.25) is 14.1 Å². The summed E-state index contributed by atoms with van der Waals surface area (Å²) in [5.74, 6) is -1.09. The molecule has 2 aromatic rings. The van der Waals surface area contributed by atoms with E-state index in [1.54, 1.807) is 48.5 Å². The van der Waals surface area contributed by atoms with E-state index in [4.69, 9.17) is 9.79 Å². The molecule has 6 nitrogen and oxygen atoms in total. The summed E-state index contributed by atoms with van der Waals surface area (Å²) in [5, 5.41) is 0. The number of phosphoric acid groups is 1. The second kappa shape index (κ2) is 7.44.